The van der Waals surface area contributed by atoms with E-state index in [2.05, 4.69) is 26.3 Å². The molecule has 1 aliphatic heterocycles. The van der Waals surface area contributed by atoms with Gasteiger partial charge in [0.05, 0.1) is 0 Å². The molecule has 1 saturated heterocycles. The smallest absolute Gasteiger partial charge is 0.247 e. The molecule has 1 atom stereocenters. The van der Waals surface area contributed by atoms with Crippen LogP contribution in [0, 0.1) is 0 Å². The maximum atomic E-state index is 12.7. The number of rotatable bonds is 3. The summed E-state index contributed by atoms with van der Waals surface area (Å²) in [6.45, 7) is 2.41. The highest BCUT2D eigenvalue weighted by atomic mass is 79.9. The Bertz CT molecular complexity index is 567. The quantitative estimate of drug-likeness (QED) is 0.618. The number of hydrazine groups is 1. The molecule has 0 amide bonds. The zero-order chi connectivity index (χ0) is 14.0. The molecule has 0 aromatic carbocycles. The number of pyridine rings is 1. The summed E-state index contributed by atoms with van der Waals surface area (Å²) in [4.78, 5) is 4.09. The van der Waals surface area contributed by atoms with Gasteiger partial charge in [-0.25, -0.2) is 19.2 Å². The van der Waals surface area contributed by atoms with Crippen LogP contribution in [-0.4, -0.2) is 41.8 Å². The van der Waals surface area contributed by atoms with E-state index >= 15 is 0 Å². The van der Waals surface area contributed by atoms with Gasteiger partial charge in [-0.1, -0.05) is 0 Å². The maximum Gasteiger partial charge on any atom is 0.247 e. The van der Waals surface area contributed by atoms with Crippen LogP contribution in [0.3, 0.4) is 0 Å². The van der Waals surface area contributed by atoms with Crippen molar-refractivity contribution in [3.63, 3.8) is 0 Å². The Morgan fingerprint density at radius 3 is 3.00 bits per heavy atom. The minimum atomic E-state index is -3.59. The molecule has 1 aliphatic rings. The molecule has 6 nitrogen and oxygen atoms in total. The minimum Gasteiger partial charge on any atom is -0.307 e. The molecule has 106 valence electrons. The third kappa shape index (κ3) is 3.05. The molecule has 1 unspecified atom stereocenters. The molecule has 1 aromatic rings. The number of anilines is 1. The van der Waals surface area contributed by atoms with Crippen LogP contribution in [0.4, 0.5) is 5.82 Å². The normalized spacial score (nSPS) is 21.3. The number of nitrogens with one attached hydrogen (secondary N) is 1. The molecule has 0 radical (unpaired) electrons. The predicted octanol–water partition coefficient (Wildman–Crippen LogP) is 1.26. The van der Waals surface area contributed by atoms with Crippen molar-refractivity contribution in [2.24, 2.45) is 5.84 Å². The summed E-state index contributed by atoms with van der Waals surface area (Å²) in [6, 6.07) is 1.49. The van der Waals surface area contributed by atoms with Gasteiger partial charge in [-0.2, -0.15) is 16.1 Å². The Hall–Kier alpha value is -0.350. The van der Waals surface area contributed by atoms with Crippen molar-refractivity contribution in [1.82, 2.24) is 9.29 Å². The fourth-order valence-corrected chi connectivity index (χ4v) is 5.39. The zero-order valence-corrected chi connectivity index (χ0v) is 13.6. The van der Waals surface area contributed by atoms with Crippen molar-refractivity contribution >= 4 is 43.5 Å². The van der Waals surface area contributed by atoms with Crippen LogP contribution in [0.1, 0.15) is 6.92 Å². The van der Waals surface area contributed by atoms with Gasteiger partial charge in [-0.05, 0) is 28.9 Å². The van der Waals surface area contributed by atoms with Gasteiger partial charge in [-0.15, -0.1) is 0 Å². The molecule has 0 saturated carbocycles. The van der Waals surface area contributed by atoms with Crippen molar-refractivity contribution < 1.29 is 8.42 Å². The molecule has 19 heavy (non-hydrogen) atoms. The fourth-order valence-electron chi connectivity index (χ4n) is 1.92. The number of thioether (sulfide) groups is 1. The molecular weight excluding hydrogens is 352 g/mol. The third-order valence-electron chi connectivity index (χ3n) is 2.85. The number of hydrogen-bond donors (Lipinski definition) is 2. The minimum absolute atomic E-state index is 0.0339. The largest absolute Gasteiger partial charge is 0.307 e. The van der Waals surface area contributed by atoms with Crippen molar-refractivity contribution in [2.45, 2.75) is 17.9 Å². The first-order chi connectivity index (χ1) is 8.96. The number of aromatic nitrogens is 1. The van der Waals surface area contributed by atoms with Gasteiger partial charge in [0.15, 0.2) is 5.82 Å². The number of nitrogens with zero attached hydrogens (tertiary/aromatic N) is 2. The Morgan fingerprint density at radius 1 is 1.63 bits per heavy atom. The highest BCUT2D eigenvalue weighted by Gasteiger charge is 2.33. The van der Waals surface area contributed by atoms with Crippen molar-refractivity contribution in [2.75, 3.05) is 23.5 Å². The van der Waals surface area contributed by atoms with E-state index in [1.165, 1.54) is 16.6 Å². The van der Waals surface area contributed by atoms with Crippen molar-refractivity contribution in [3.05, 3.63) is 16.7 Å². The van der Waals surface area contributed by atoms with Crippen LogP contribution < -0.4 is 11.3 Å². The van der Waals surface area contributed by atoms with E-state index in [4.69, 9.17) is 5.84 Å². The standard InChI is InChI=1S/C10H15BrN4O2S2/c1-7-6-18-3-2-15(7)19(16,17)9-4-8(11)5-13-10(9)14-12/h4-5,7H,2-3,6,12H2,1H3,(H,13,14). The molecule has 2 heterocycles. The van der Waals surface area contributed by atoms with E-state index in [1.54, 1.807) is 11.8 Å². The summed E-state index contributed by atoms with van der Waals surface area (Å²) in [6.07, 6.45) is 1.50. The van der Waals surface area contributed by atoms with Gasteiger partial charge in [-0.3, -0.25) is 0 Å². The van der Waals surface area contributed by atoms with Gasteiger partial charge in [0.1, 0.15) is 4.90 Å². The van der Waals surface area contributed by atoms with Crippen LogP contribution in [0.15, 0.2) is 21.6 Å². The molecule has 0 aliphatic carbocycles. The summed E-state index contributed by atoms with van der Waals surface area (Å²) in [7, 11) is -3.59. The van der Waals surface area contributed by atoms with Crippen LogP contribution in [0.2, 0.25) is 0 Å². The zero-order valence-electron chi connectivity index (χ0n) is 10.3. The van der Waals surface area contributed by atoms with E-state index in [0.29, 0.717) is 11.0 Å². The Balaban J connectivity index is 2.46. The molecule has 1 fully saturated rings. The van der Waals surface area contributed by atoms with E-state index in [9.17, 15) is 8.42 Å². The van der Waals surface area contributed by atoms with Gasteiger partial charge in [0.2, 0.25) is 10.0 Å². The van der Waals surface area contributed by atoms with E-state index in [-0.39, 0.29) is 16.8 Å². The topological polar surface area (TPSA) is 88.3 Å². The van der Waals surface area contributed by atoms with Crippen LogP contribution in [-0.2, 0) is 10.0 Å². The number of halogens is 1. The number of sulfonamides is 1. The molecule has 1 aromatic heterocycles. The lowest BCUT2D eigenvalue weighted by atomic mass is 10.4. The first-order valence-corrected chi connectivity index (χ1v) is 9.07. The van der Waals surface area contributed by atoms with Gasteiger partial charge in [0, 0.05) is 34.8 Å². The Labute approximate surface area is 125 Å². The molecule has 9 heteroatoms. The lowest BCUT2D eigenvalue weighted by molar-refractivity contribution is 0.367. The van der Waals surface area contributed by atoms with Gasteiger partial charge >= 0.3 is 0 Å². The second kappa shape index (κ2) is 5.96. The second-order valence-corrected chi connectivity index (χ2v) is 8.11. The van der Waals surface area contributed by atoms with Gasteiger partial charge in [0.25, 0.3) is 0 Å². The highest BCUT2D eigenvalue weighted by Crippen LogP contribution is 2.29. The summed E-state index contributed by atoms with van der Waals surface area (Å²) in [5.74, 6) is 7.11. The average Bonchev–Trinajstić information content (AvgIpc) is 2.39. The highest BCUT2D eigenvalue weighted by molar-refractivity contribution is 9.10. The molecule has 0 bridgehead atoms. The predicted molar refractivity (Wildman–Crippen MR) is 80.4 cm³/mol. The third-order valence-corrected chi connectivity index (χ3v) is 6.50. The van der Waals surface area contributed by atoms with E-state index < -0.39 is 10.0 Å². The van der Waals surface area contributed by atoms with Crippen LogP contribution in [0.25, 0.3) is 0 Å². The molecular formula is C10H15BrN4O2S2. The first-order valence-electron chi connectivity index (χ1n) is 5.68. The Kier molecular flexibility index (Phi) is 4.72. The molecule has 2 rings (SSSR count). The van der Waals surface area contributed by atoms with Gasteiger partial charge < -0.3 is 5.43 Å². The second-order valence-electron chi connectivity index (χ2n) is 4.18. The SMILES string of the molecule is CC1CSCCN1S(=O)(=O)c1cc(Br)cnc1NN. The molecule has 3 N–H and O–H groups in total. The Morgan fingerprint density at radius 2 is 2.37 bits per heavy atom. The molecule has 0 spiro atoms. The van der Waals surface area contributed by atoms with Crippen molar-refractivity contribution in [3.8, 4) is 0 Å². The lowest BCUT2D eigenvalue weighted by Gasteiger charge is -2.32. The number of nitrogen functional groups attached to an aromatic ring is 1. The number of nitrogens with two attached hydrogens (primary N) is 1. The maximum absolute atomic E-state index is 12.7. The lowest BCUT2D eigenvalue weighted by Crippen LogP contribution is -2.44. The summed E-state index contributed by atoms with van der Waals surface area (Å²) in [5, 5.41) is 0. The number of hydrogen-bond acceptors (Lipinski definition) is 6. The monoisotopic (exact) mass is 366 g/mol. The van der Waals surface area contributed by atoms with E-state index in [1.807, 2.05) is 6.92 Å². The summed E-state index contributed by atoms with van der Waals surface area (Å²) < 4.78 is 27.5. The summed E-state index contributed by atoms with van der Waals surface area (Å²) in [5.41, 5.74) is 2.34. The van der Waals surface area contributed by atoms with Crippen LogP contribution in [0.5, 0.6) is 0 Å². The van der Waals surface area contributed by atoms with Crippen molar-refractivity contribution in [1.29, 1.82) is 0 Å². The van der Waals surface area contributed by atoms with Crippen LogP contribution >= 0.6 is 27.7 Å². The fraction of sp³-hybridized carbons (Fsp3) is 0.500. The van der Waals surface area contributed by atoms with E-state index in [0.717, 1.165) is 11.5 Å². The summed E-state index contributed by atoms with van der Waals surface area (Å²) >= 11 is 5.00. The average molecular weight is 367 g/mol. The first kappa shape index (κ1) is 15.0.